The molecule has 2 rings (SSSR count). The van der Waals surface area contributed by atoms with Gasteiger partial charge in [0.2, 0.25) is 0 Å². The zero-order chi connectivity index (χ0) is 17.2. The summed E-state index contributed by atoms with van der Waals surface area (Å²) >= 11 is 0. The third-order valence-corrected chi connectivity index (χ3v) is 3.79. The fourth-order valence-corrected chi connectivity index (χ4v) is 2.53. The molecule has 0 unspecified atom stereocenters. The molecule has 0 aliphatic carbocycles. The second kappa shape index (κ2) is 9.67. The van der Waals surface area contributed by atoms with Crippen molar-refractivity contribution in [1.29, 1.82) is 0 Å². The Hall–Kier alpha value is -2.40. The number of aliphatic carboxylic acids is 1. The van der Waals surface area contributed by atoms with Gasteiger partial charge in [0.1, 0.15) is 0 Å². The van der Waals surface area contributed by atoms with Crippen LogP contribution >= 0.6 is 0 Å². The number of pyridine rings is 1. The maximum atomic E-state index is 10.7. The molecule has 5 nitrogen and oxygen atoms in total. The van der Waals surface area contributed by atoms with Crippen molar-refractivity contribution in [3.63, 3.8) is 0 Å². The maximum absolute atomic E-state index is 10.7. The van der Waals surface area contributed by atoms with Crippen LogP contribution in [0.1, 0.15) is 23.2 Å². The minimum absolute atomic E-state index is 0.0840. The summed E-state index contributed by atoms with van der Waals surface area (Å²) in [4.78, 5) is 15.0. The molecule has 0 spiro atoms. The Balaban J connectivity index is 1.60. The molecule has 0 atom stereocenters. The number of aromatic nitrogens is 1. The van der Waals surface area contributed by atoms with Gasteiger partial charge in [-0.2, -0.15) is 0 Å². The van der Waals surface area contributed by atoms with E-state index in [1.165, 1.54) is 5.56 Å². The van der Waals surface area contributed by atoms with Crippen LogP contribution in [0.15, 0.2) is 42.6 Å². The normalized spacial score (nSPS) is 10.5. The summed E-state index contributed by atoms with van der Waals surface area (Å²) in [6.45, 7) is 4.75. The van der Waals surface area contributed by atoms with Crippen molar-refractivity contribution in [2.45, 2.75) is 26.2 Å². The Kier molecular flexibility index (Phi) is 7.23. The summed E-state index contributed by atoms with van der Waals surface area (Å²) < 4.78 is 0. The first-order valence-corrected chi connectivity index (χ1v) is 8.31. The van der Waals surface area contributed by atoms with Crippen LogP contribution in [0.5, 0.6) is 0 Å². The van der Waals surface area contributed by atoms with E-state index in [1.54, 1.807) is 6.20 Å². The first kappa shape index (κ1) is 17.9. The molecular weight excluding hydrogens is 302 g/mol. The van der Waals surface area contributed by atoms with E-state index >= 15 is 0 Å². The standard InChI is InChI=1S/C19H25N3O2/c1-15-18(7-3-10-21-15)22-11-4-9-20-12-8-16-5-2-6-17(13-16)14-19(23)24/h2-3,5-7,10,13,20,22H,4,8-9,11-12,14H2,1H3,(H,23,24). The fraction of sp³-hybridized carbons (Fsp3) is 0.368. The third-order valence-electron chi connectivity index (χ3n) is 3.79. The van der Waals surface area contributed by atoms with Crippen LogP contribution < -0.4 is 10.6 Å². The highest BCUT2D eigenvalue weighted by atomic mass is 16.4. The van der Waals surface area contributed by atoms with Gasteiger partial charge in [-0.15, -0.1) is 0 Å². The van der Waals surface area contributed by atoms with Gasteiger partial charge < -0.3 is 15.7 Å². The Labute approximate surface area is 143 Å². The number of hydrogen-bond acceptors (Lipinski definition) is 4. The van der Waals surface area contributed by atoms with Crippen molar-refractivity contribution in [2.75, 3.05) is 25.0 Å². The van der Waals surface area contributed by atoms with E-state index in [9.17, 15) is 4.79 Å². The van der Waals surface area contributed by atoms with Crippen LogP contribution in [0.25, 0.3) is 0 Å². The average molecular weight is 327 g/mol. The number of rotatable bonds is 10. The Bertz CT molecular complexity index is 659. The SMILES string of the molecule is Cc1ncccc1NCCCNCCc1cccc(CC(=O)O)c1. The number of nitrogens with one attached hydrogen (secondary N) is 2. The highest BCUT2D eigenvalue weighted by molar-refractivity contribution is 5.70. The number of carboxylic acid groups (broad SMARTS) is 1. The summed E-state index contributed by atoms with van der Waals surface area (Å²) in [6, 6.07) is 11.8. The van der Waals surface area contributed by atoms with Gasteiger partial charge in [0.15, 0.2) is 0 Å². The van der Waals surface area contributed by atoms with Crippen LogP contribution in [0.4, 0.5) is 5.69 Å². The van der Waals surface area contributed by atoms with Crippen LogP contribution in [-0.4, -0.2) is 35.7 Å². The quantitative estimate of drug-likeness (QED) is 0.585. The Morgan fingerprint density at radius 2 is 1.96 bits per heavy atom. The predicted molar refractivity (Wildman–Crippen MR) is 96.4 cm³/mol. The third kappa shape index (κ3) is 6.38. The molecule has 2 aromatic rings. The number of carbonyl (C=O) groups is 1. The zero-order valence-electron chi connectivity index (χ0n) is 14.1. The van der Waals surface area contributed by atoms with Crippen LogP contribution in [0.2, 0.25) is 0 Å². The molecule has 0 amide bonds. The molecule has 1 heterocycles. The molecule has 0 radical (unpaired) electrons. The molecule has 5 heteroatoms. The van der Waals surface area contributed by atoms with E-state index in [-0.39, 0.29) is 6.42 Å². The minimum atomic E-state index is -0.790. The van der Waals surface area contributed by atoms with E-state index in [2.05, 4.69) is 15.6 Å². The van der Waals surface area contributed by atoms with Crippen molar-refractivity contribution < 1.29 is 9.90 Å². The van der Waals surface area contributed by atoms with E-state index in [4.69, 9.17) is 5.11 Å². The number of nitrogens with zero attached hydrogens (tertiary/aromatic N) is 1. The number of hydrogen-bond donors (Lipinski definition) is 3. The van der Waals surface area contributed by atoms with Gasteiger partial charge >= 0.3 is 5.97 Å². The van der Waals surface area contributed by atoms with Crippen molar-refractivity contribution >= 4 is 11.7 Å². The molecule has 24 heavy (non-hydrogen) atoms. The Morgan fingerprint density at radius 1 is 1.12 bits per heavy atom. The van der Waals surface area contributed by atoms with Gasteiger partial charge in [-0.3, -0.25) is 9.78 Å². The van der Waals surface area contributed by atoms with Gasteiger partial charge in [-0.05, 0) is 56.1 Å². The lowest BCUT2D eigenvalue weighted by Crippen LogP contribution is -2.21. The lowest BCUT2D eigenvalue weighted by Gasteiger charge is -2.09. The van der Waals surface area contributed by atoms with Gasteiger partial charge in [0, 0.05) is 12.7 Å². The summed E-state index contributed by atoms with van der Waals surface area (Å²) in [5.41, 5.74) is 4.14. The highest BCUT2D eigenvalue weighted by Gasteiger charge is 2.01. The Morgan fingerprint density at radius 3 is 2.75 bits per heavy atom. The minimum Gasteiger partial charge on any atom is -0.481 e. The van der Waals surface area contributed by atoms with Crippen LogP contribution in [-0.2, 0) is 17.6 Å². The summed E-state index contributed by atoms with van der Waals surface area (Å²) in [7, 11) is 0. The molecule has 1 aromatic heterocycles. The molecule has 0 bridgehead atoms. The van der Waals surface area contributed by atoms with Gasteiger partial charge in [-0.25, -0.2) is 0 Å². The van der Waals surface area contributed by atoms with E-state index in [0.717, 1.165) is 49.4 Å². The lowest BCUT2D eigenvalue weighted by molar-refractivity contribution is -0.136. The number of benzene rings is 1. The number of anilines is 1. The topological polar surface area (TPSA) is 74.2 Å². The smallest absolute Gasteiger partial charge is 0.307 e. The van der Waals surface area contributed by atoms with E-state index < -0.39 is 5.97 Å². The van der Waals surface area contributed by atoms with Crippen molar-refractivity contribution in [3.05, 3.63) is 59.4 Å². The first-order valence-electron chi connectivity index (χ1n) is 8.31. The fourth-order valence-electron chi connectivity index (χ4n) is 2.53. The largest absolute Gasteiger partial charge is 0.481 e. The molecule has 1 aromatic carbocycles. The second-order valence-corrected chi connectivity index (χ2v) is 5.81. The van der Waals surface area contributed by atoms with Crippen LogP contribution in [0, 0.1) is 6.92 Å². The summed E-state index contributed by atoms with van der Waals surface area (Å²) in [5, 5.41) is 15.6. The maximum Gasteiger partial charge on any atom is 0.307 e. The van der Waals surface area contributed by atoms with Crippen LogP contribution in [0.3, 0.4) is 0 Å². The second-order valence-electron chi connectivity index (χ2n) is 5.81. The van der Waals surface area contributed by atoms with E-state index in [1.807, 2.05) is 43.3 Å². The molecule has 0 aliphatic heterocycles. The molecule has 0 fully saturated rings. The van der Waals surface area contributed by atoms with Gasteiger partial charge in [0.05, 0.1) is 17.8 Å². The monoisotopic (exact) mass is 327 g/mol. The molecule has 0 saturated carbocycles. The van der Waals surface area contributed by atoms with Gasteiger partial charge in [0.25, 0.3) is 0 Å². The average Bonchev–Trinajstić information content (AvgIpc) is 2.55. The summed E-state index contributed by atoms with van der Waals surface area (Å²) in [6.07, 6.45) is 3.82. The van der Waals surface area contributed by atoms with Crippen molar-refractivity contribution in [2.24, 2.45) is 0 Å². The summed E-state index contributed by atoms with van der Waals surface area (Å²) in [5.74, 6) is -0.790. The first-order chi connectivity index (χ1) is 11.6. The van der Waals surface area contributed by atoms with Gasteiger partial charge in [-0.1, -0.05) is 24.3 Å². The highest BCUT2D eigenvalue weighted by Crippen LogP contribution is 2.09. The number of carboxylic acids is 1. The van der Waals surface area contributed by atoms with Crippen molar-refractivity contribution in [3.8, 4) is 0 Å². The molecule has 0 saturated heterocycles. The molecule has 0 aliphatic rings. The lowest BCUT2D eigenvalue weighted by atomic mass is 10.1. The molecule has 3 N–H and O–H groups in total. The predicted octanol–water partition coefficient (Wildman–Crippen LogP) is 2.65. The molecular formula is C19H25N3O2. The number of aryl methyl sites for hydroxylation is 1. The molecule has 128 valence electrons. The van der Waals surface area contributed by atoms with Crippen molar-refractivity contribution in [1.82, 2.24) is 10.3 Å². The zero-order valence-corrected chi connectivity index (χ0v) is 14.1. The van der Waals surface area contributed by atoms with E-state index in [0.29, 0.717) is 0 Å².